The summed E-state index contributed by atoms with van der Waals surface area (Å²) >= 11 is 1.60. The van der Waals surface area contributed by atoms with Crippen molar-refractivity contribution < 1.29 is 0 Å². The van der Waals surface area contributed by atoms with Gasteiger partial charge in [0, 0.05) is 15.5 Å². The number of hydrogen-bond donors (Lipinski definition) is 1. The zero-order valence-corrected chi connectivity index (χ0v) is 11.2. The molecule has 90 valence electrons. The van der Waals surface area contributed by atoms with Crippen LogP contribution in [0.15, 0.2) is 46.2 Å². The van der Waals surface area contributed by atoms with Gasteiger partial charge in [-0.2, -0.15) is 5.26 Å². The van der Waals surface area contributed by atoms with Gasteiger partial charge < -0.3 is 5.73 Å². The van der Waals surface area contributed by atoms with Crippen LogP contribution in [-0.4, -0.2) is 0 Å². The van der Waals surface area contributed by atoms with Gasteiger partial charge in [-0.15, -0.1) is 0 Å². The van der Waals surface area contributed by atoms with Gasteiger partial charge in [-0.05, 0) is 43.7 Å². The van der Waals surface area contributed by atoms with Crippen molar-refractivity contribution in [3.8, 4) is 6.07 Å². The van der Waals surface area contributed by atoms with E-state index in [1.54, 1.807) is 17.8 Å². The van der Waals surface area contributed by atoms with Crippen LogP contribution in [0.25, 0.3) is 0 Å². The lowest BCUT2D eigenvalue weighted by molar-refractivity contribution is 1.25. The van der Waals surface area contributed by atoms with Crippen molar-refractivity contribution in [1.82, 2.24) is 0 Å². The molecule has 0 unspecified atom stereocenters. The van der Waals surface area contributed by atoms with Crippen LogP contribution in [0.2, 0.25) is 0 Å². The Morgan fingerprint density at radius 2 is 1.78 bits per heavy atom. The molecular formula is C15H14N2S. The number of nitrogens with zero attached hydrogens (tertiary/aromatic N) is 1. The Morgan fingerprint density at radius 1 is 1.06 bits per heavy atom. The van der Waals surface area contributed by atoms with Gasteiger partial charge in [0.2, 0.25) is 0 Å². The lowest BCUT2D eigenvalue weighted by atomic mass is 10.2. The highest BCUT2D eigenvalue weighted by atomic mass is 32.2. The first kappa shape index (κ1) is 12.5. The van der Waals surface area contributed by atoms with Crippen LogP contribution >= 0.6 is 11.8 Å². The Kier molecular flexibility index (Phi) is 3.59. The number of anilines is 1. The smallest absolute Gasteiger partial charge is 0.100 e. The van der Waals surface area contributed by atoms with E-state index in [2.05, 4.69) is 38.1 Å². The molecule has 0 aliphatic carbocycles. The summed E-state index contributed by atoms with van der Waals surface area (Å²) in [5.41, 5.74) is 9.40. The molecule has 0 spiro atoms. The molecule has 0 fully saturated rings. The molecule has 0 saturated heterocycles. The van der Waals surface area contributed by atoms with Gasteiger partial charge in [-0.25, -0.2) is 0 Å². The Hall–Kier alpha value is -1.92. The predicted octanol–water partition coefficient (Wildman–Crippen LogP) is 3.91. The second-order valence-electron chi connectivity index (χ2n) is 4.24. The van der Waals surface area contributed by atoms with Crippen LogP contribution in [0.3, 0.4) is 0 Å². The first-order valence-electron chi connectivity index (χ1n) is 5.65. The van der Waals surface area contributed by atoms with Crippen LogP contribution < -0.4 is 5.73 Å². The molecule has 0 bridgehead atoms. The van der Waals surface area contributed by atoms with Crippen molar-refractivity contribution in [1.29, 1.82) is 5.26 Å². The number of rotatable bonds is 2. The number of nitrogen functional groups attached to an aromatic ring is 1. The van der Waals surface area contributed by atoms with E-state index < -0.39 is 0 Å². The molecule has 18 heavy (non-hydrogen) atoms. The summed E-state index contributed by atoms with van der Waals surface area (Å²) in [5, 5.41) is 9.12. The van der Waals surface area contributed by atoms with Crippen molar-refractivity contribution in [3.05, 3.63) is 53.1 Å². The van der Waals surface area contributed by atoms with Crippen molar-refractivity contribution in [3.63, 3.8) is 0 Å². The third-order valence-corrected chi connectivity index (χ3v) is 3.93. The molecule has 0 aromatic heterocycles. The molecule has 0 amide bonds. The summed E-state index contributed by atoms with van der Waals surface area (Å²) < 4.78 is 0. The van der Waals surface area contributed by atoms with Crippen molar-refractivity contribution >= 4 is 17.4 Å². The first-order valence-corrected chi connectivity index (χ1v) is 6.46. The van der Waals surface area contributed by atoms with Gasteiger partial charge in [0.05, 0.1) is 5.56 Å². The Labute approximate surface area is 111 Å². The molecule has 0 atom stereocenters. The number of nitriles is 1. The van der Waals surface area contributed by atoms with E-state index >= 15 is 0 Å². The molecule has 0 aliphatic rings. The number of nitrogens with two attached hydrogens (primary N) is 1. The number of benzene rings is 2. The summed E-state index contributed by atoms with van der Waals surface area (Å²) in [6, 6.07) is 13.9. The van der Waals surface area contributed by atoms with Crippen molar-refractivity contribution in [2.75, 3.05) is 5.73 Å². The maximum absolute atomic E-state index is 9.12. The van der Waals surface area contributed by atoms with E-state index in [4.69, 9.17) is 11.0 Å². The highest BCUT2D eigenvalue weighted by Crippen LogP contribution is 2.33. The average molecular weight is 254 g/mol. The third-order valence-electron chi connectivity index (χ3n) is 2.67. The zero-order chi connectivity index (χ0) is 13.1. The first-order chi connectivity index (χ1) is 8.60. The normalized spacial score (nSPS) is 10.1. The highest BCUT2D eigenvalue weighted by Gasteiger charge is 2.06. The Bertz CT molecular complexity index is 627. The van der Waals surface area contributed by atoms with Crippen molar-refractivity contribution in [2.45, 2.75) is 23.6 Å². The summed E-state index contributed by atoms with van der Waals surface area (Å²) in [4.78, 5) is 2.11. The van der Waals surface area contributed by atoms with E-state index in [1.165, 1.54) is 16.0 Å². The minimum Gasteiger partial charge on any atom is -0.399 e. The van der Waals surface area contributed by atoms with Gasteiger partial charge in [0.1, 0.15) is 6.07 Å². The van der Waals surface area contributed by atoms with Crippen LogP contribution in [0.4, 0.5) is 5.69 Å². The minimum absolute atomic E-state index is 0.622. The molecule has 0 heterocycles. The molecule has 2 aromatic carbocycles. The lowest BCUT2D eigenvalue weighted by Crippen LogP contribution is -1.89. The Balaban J connectivity index is 2.37. The summed E-state index contributed by atoms with van der Waals surface area (Å²) in [6.07, 6.45) is 0. The maximum atomic E-state index is 9.12. The molecule has 0 saturated carbocycles. The fraction of sp³-hybridized carbons (Fsp3) is 0.133. The van der Waals surface area contributed by atoms with Gasteiger partial charge >= 0.3 is 0 Å². The summed E-state index contributed by atoms with van der Waals surface area (Å²) in [6.45, 7) is 4.16. The van der Waals surface area contributed by atoms with E-state index in [9.17, 15) is 0 Å². The monoisotopic (exact) mass is 254 g/mol. The third kappa shape index (κ3) is 2.66. The topological polar surface area (TPSA) is 49.8 Å². The maximum Gasteiger partial charge on any atom is 0.100 e. The molecular weight excluding hydrogens is 240 g/mol. The SMILES string of the molecule is Cc1ccc(Sc2ccc(N)cc2C#N)c(C)c1. The average Bonchev–Trinajstić information content (AvgIpc) is 2.34. The van der Waals surface area contributed by atoms with Crippen LogP contribution in [0.5, 0.6) is 0 Å². The minimum atomic E-state index is 0.622. The molecule has 2 nitrogen and oxygen atoms in total. The van der Waals surface area contributed by atoms with E-state index in [1.807, 2.05) is 12.1 Å². The molecule has 2 rings (SSSR count). The summed E-state index contributed by atoms with van der Waals surface area (Å²) in [5.74, 6) is 0. The van der Waals surface area contributed by atoms with Crippen LogP contribution in [0.1, 0.15) is 16.7 Å². The van der Waals surface area contributed by atoms with Crippen LogP contribution in [-0.2, 0) is 0 Å². The fourth-order valence-electron chi connectivity index (χ4n) is 1.76. The van der Waals surface area contributed by atoms with Gasteiger partial charge in [0.25, 0.3) is 0 Å². The van der Waals surface area contributed by atoms with E-state index in [0.717, 1.165) is 4.90 Å². The second-order valence-corrected chi connectivity index (χ2v) is 5.32. The predicted molar refractivity (Wildman–Crippen MR) is 75.6 cm³/mol. The number of hydrogen-bond acceptors (Lipinski definition) is 3. The molecule has 2 aromatic rings. The molecule has 3 heteroatoms. The van der Waals surface area contributed by atoms with E-state index in [-0.39, 0.29) is 0 Å². The standard InChI is InChI=1S/C15H14N2S/c1-10-3-5-14(11(2)7-10)18-15-6-4-13(17)8-12(15)9-16/h3-8H,17H2,1-2H3. The number of aryl methyl sites for hydroxylation is 2. The van der Waals surface area contributed by atoms with Crippen LogP contribution in [0, 0.1) is 25.2 Å². The van der Waals surface area contributed by atoms with E-state index in [0.29, 0.717) is 11.3 Å². The van der Waals surface area contributed by atoms with Gasteiger partial charge in [-0.3, -0.25) is 0 Å². The van der Waals surface area contributed by atoms with Gasteiger partial charge in [-0.1, -0.05) is 29.5 Å². The lowest BCUT2D eigenvalue weighted by Gasteiger charge is -2.08. The largest absolute Gasteiger partial charge is 0.399 e. The molecule has 2 N–H and O–H groups in total. The fourth-order valence-corrected chi connectivity index (χ4v) is 2.70. The Morgan fingerprint density at radius 3 is 2.44 bits per heavy atom. The highest BCUT2D eigenvalue weighted by molar-refractivity contribution is 7.99. The second kappa shape index (κ2) is 5.16. The van der Waals surface area contributed by atoms with Gasteiger partial charge in [0.15, 0.2) is 0 Å². The zero-order valence-electron chi connectivity index (χ0n) is 10.4. The van der Waals surface area contributed by atoms with Crippen molar-refractivity contribution in [2.24, 2.45) is 0 Å². The molecule has 0 aliphatic heterocycles. The molecule has 0 radical (unpaired) electrons. The quantitative estimate of drug-likeness (QED) is 0.827. The summed E-state index contributed by atoms with van der Waals surface area (Å²) in [7, 11) is 0.